The van der Waals surface area contributed by atoms with Crippen LogP contribution in [0.15, 0.2) is 71.6 Å². The minimum absolute atomic E-state index is 0.118. The fourth-order valence-corrected chi connectivity index (χ4v) is 6.33. The number of benzene rings is 3. The molecule has 7 nitrogen and oxygen atoms in total. The Morgan fingerprint density at radius 3 is 2.20 bits per heavy atom. The first-order valence-corrected chi connectivity index (χ1v) is 13.9. The first kappa shape index (κ1) is 29.2. The van der Waals surface area contributed by atoms with Gasteiger partial charge in [0.25, 0.3) is 0 Å². The average Bonchev–Trinajstić information content (AvgIpc) is 3.05. The summed E-state index contributed by atoms with van der Waals surface area (Å²) in [6.07, 6.45) is -10.1. The summed E-state index contributed by atoms with van der Waals surface area (Å²) in [4.78, 5) is 1.18. The first-order valence-electron chi connectivity index (χ1n) is 12.4. The Hall–Kier alpha value is -3.33. The number of para-hydroxylation sites is 1. The SMILES string of the molecule is O=S(=O)(N[C@H]1COC[C@@H](N2c3ccccc3CCc3ccc(C(F)(F)F)cc32)[C@@H]1O)c1ccc(OC(F)(F)F)cc1. The summed E-state index contributed by atoms with van der Waals surface area (Å²) in [5.41, 5.74) is 1.35. The molecule has 5 rings (SSSR count). The van der Waals surface area contributed by atoms with Gasteiger partial charge >= 0.3 is 12.5 Å². The van der Waals surface area contributed by atoms with Gasteiger partial charge in [-0.05, 0) is 66.4 Å². The van der Waals surface area contributed by atoms with Gasteiger partial charge in [-0.15, -0.1) is 13.2 Å². The third kappa shape index (κ3) is 6.30. The molecule has 0 aliphatic carbocycles. The molecule has 3 aromatic carbocycles. The van der Waals surface area contributed by atoms with Crippen LogP contribution >= 0.6 is 0 Å². The van der Waals surface area contributed by atoms with Gasteiger partial charge in [-0.1, -0.05) is 24.3 Å². The summed E-state index contributed by atoms with van der Waals surface area (Å²) in [5, 5.41) is 11.4. The Morgan fingerprint density at radius 1 is 0.878 bits per heavy atom. The summed E-state index contributed by atoms with van der Waals surface area (Å²) in [7, 11) is -4.36. The maximum atomic E-state index is 13.7. The highest BCUT2D eigenvalue weighted by Gasteiger charge is 2.42. The predicted octanol–water partition coefficient (Wildman–Crippen LogP) is 4.95. The van der Waals surface area contributed by atoms with E-state index in [2.05, 4.69) is 9.46 Å². The van der Waals surface area contributed by atoms with Crippen LogP contribution in [-0.4, -0.2) is 51.3 Å². The van der Waals surface area contributed by atoms with Gasteiger partial charge < -0.3 is 19.5 Å². The molecule has 3 aromatic rings. The van der Waals surface area contributed by atoms with Crippen molar-refractivity contribution in [2.24, 2.45) is 0 Å². The number of aliphatic hydroxyl groups is 1. The number of anilines is 2. The van der Waals surface area contributed by atoms with Gasteiger partial charge in [-0.25, -0.2) is 13.1 Å². The van der Waals surface area contributed by atoms with Gasteiger partial charge in [0, 0.05) is 11.4 Å². The normalized spacial score (nSPS) is 21.5. The highest BCUT2D eigenvalue weighted by Crippen LogP contribution is 2.42. The molecule has 2 heterocycles. The van der Waals surface area contributed by atoms with Gasteiger partial charge in [-0.3, -0.25) is 0 Å². The molecule has 1 saturated heterocycles. The van der Waals surface area contributed by atoms with Crippen LogP contribution in [0.4, 0.5) is 37.7 Å². The topological polar surface area (TPSA) is 88.1 Å². The van der Waals surface area contributed by atoms with Crippen molar-refractivity contribution in [1.82, 2.24) is 4.72 Å². The van der Waals surface area contributed by atoms with Gasteiger partial charge in [0.2, 0.25) is 10.0 Å². The standard InChI is InChI=1S/C27H24F6N2O5S/c28-26(29,30)18-8-7-17-6-5-16-3-1-2-4-22(16)35(23(17)13-18)24-15-39-14-21(25(24)36)34-41(37,38)20-11-9-19(10-12-20)40-27(31,32)33/h1-4,7-13,21,24-25,34,36H,5-6,14-15H2/t21-,24+,25+/m0/s1. The van der Waals surface area contributed by atoms with Crippen LogP contribution in [0.25, 0.3) is 0 Å². The van der Waals surface area contributed by atoms with Crippen molar-refractivity contribution in [2.45, 2.75) is 48.5 Å². The van der Waals surface area contributed by atoms with Crippen molar-refractivity contribution in [3.05, 3.63) is 83.4 Å². The Labute approximate surface area is 231 Å². The molecule has 2 aliphatic rings. The molecule has 2 N–H and O–H groups in total. The molecule has 0 aromatic heterocycles. The summed E-state index contributed by atoms with van der Waals surface area (Å²) < 4.78 is 116. The largest absolute Gasteiger partial charge is 0.573 e. The number of aryl methyl sites for hydroxylation is 2. The maximum Gasteiger partial charge on any atom is 0.573 e. The van der Waals surface area contributed by atoms with E-state index in [1.165, 1.54) is 6.07 Å². The Bertz CT molecular complexity index is 1510. The summed E-state index contributed by atoms with van der Waals surface area (Å²) in [6.45, 7) is -0.371. The lowest BCUT2D eigenvalue weighted by Gasteiger charge is -2.43. The number of sulfonamides is 1. The number of nitrogens with zero attached hydrogens (tertiary/aromatic N) is 1. The van der Waals surface area contributed by atoms with E-state index in [-0.39, 0.29) is 23.8 Å². The molecule has 2 aliphatic heterocycles. The molecule has 0 unspecified atom stereocenters. The first-order chi connectivity index (χ1) is 19.2. The van der Waals surface area contributed by atoms with E-state index in [4.69, 9.17) is 4.74 Å². The summed E-state index contributed by atoms with van der Waals surface area (Å²) >= 11 is 0. The van der Waals surface area contributed by atoms with Gasteiger partial charge in [-0.2, -0.15) is 13.2 Å². The summed E-state index contributed by atoms with van der Waals surface area (Å²) in [6, 6.07) is 11.8. The Kier molecular flexibility index (Phi) is 7.70. The van der Waals surface area contributed by atoms with Crippen molar-refractivity contribution in [3.63, 3.8) is 0 Å². The third-order valence-electron chi connectivity index (χ3n) is 6.99. The van der Waals surface area contributed by atoms with E-state index < -0.39 is 52.1 Å². The third-order valence-corrected chi connectivity index (χ3v) is 8.49. The van der Waals surface area contributed by atoms with Crippen molar-refractivity contribution >= 4 is 21.4 Å². The second-order valence-corrected chi connectivity index (χ2v) is 11.4. The van der Waals surface area contributed by atoms with Crippen molar-refractivity contribution in [1.29, 1.82) is 0 Å². The number of aliphatic hydroxyl groups excluding tert-OH is 1. The molecule has 1 fully saturated rings. The molecule has 0 saturated carbocycles. The quantitative estimate of drug-likeness (QED) is 0.402. The molecule has 0 bridgehead atoms. The number of alkyl halides is 6. The van der Waals surface area contributed by atoms with E-state index >= 15 is 0 Å². The van der Waals surface area contributed by atoms with Crippen LogP contribution < -0.4 is 14.4 Å². The van der Waals surface area contributed by atoms with E-state index in [0.717, 1.165) is 42.0 Å². The molecule has 3 atom stereocenters. The molecule has 41 heavy (non-hydrogen) atoms. The van der Waals surface area contributed by atoms with Crippen LogP contribution in [0, 0.1) is 0 Å². The molecule has 0 radical (unpaired) electrons. The second kappa shape index (κ2) is 10.8. The van der Waals surface area contributed by atoms with Crippen molar-refractivity contribution in [3.8, 4) is 5.75 Å². The monoisotopic (exact) mass is 602 g/mol. The zero-order valence-electron chi connectivity index (χ0n) is 21.1. The van der Waals surface area contributed by atoms with Crippen LogP contribution in [0.2, 0.25) is 0 Å². The lowest BCUT2D eigenvalue weighted by molar-refractivity contribution is -0.274. The number of ether oxygens (including phenoxy) is 2. The molecular weight excluding hydrogens is 578 g/mol. The average molecular weight is 603 g/mol. The van der Waals surface area contributed by atoms with Crippen molar-refractivity contribution < 1.29 is 49.3 Å². The fourth-order valence-electron chi connectivity index (χ4n) is 5.09. The molecule has 220 valence electrons. The van der Waals surface area contributed by atoms with Crippen LogP contribution in [0.1, 0.15) is 16.7 Å². The van der Waals surface area contributed by atoms with E-state index in [1.54, 1.807) is 23.1 Å². The van der Waals surface area contributed by atoms with E-state index in [0.29, 0.717) is 24.1 Å². The Morgan fingerprint density at radius 2 is 1.54 bits per heavy atom. The number of hydrogen-bond acceptors (Lipinski definition) is 6. The number of hydrogen-bond donors (Lipinski definition) is 2. The summed E-state index contributed by atoms with van der Waals surface area (Å²) in [5.74, 6) is -0.616. The molecule has 0 amide bonds. The maximum absolute atomic E-state index is 13.7. The van der Waals surface area contributed by atoms with Crippen LogP contribution in [-0.2, 0) is 33.8 Å². The van der Waals surface area contributed by atoms with Crippen molar-refractivity contribution in [2.75, 3.05) is 18.1 Å². The van der Waals surface area contributed by atoms with Gasteiger partial charge in [0.15, 0.2) is 0 Å². The number of nitrogens with one attached hydrogen (secondary N) is 1. The fraction of sp³-hybridized carbons (Fsp3) is 0.333. The highest BCUT2D eigenvalue weighted by molar-refractivity contribution is 7.89. The zero-order chi connectivity index (χ0) is 29.6. The minimum atomic E-state index is -4.96. The zero-order valence-corrected chi connectivity index (χ0v) is 21.9. The molecular formula is C27H24F6N2O5S. The number of rotatable bonds is 5. The molecule has 14 heteroatoms. The van der Waals surface area contributed by atoms with E-state index in [1.807, 2.05) is 6.07 Å². The lowest BCUT2D eigenvalue weighted by atomic mass is 9.97. The van der Waals surface area contributed by atoms with Gasteiger partial charge in [0.1, 0.15) is 5.75 Å². The second-order valence-electron chi connectivity index (χ2n) is 9.68. The predicted molar refractivity (Wildman–Crippen MR) is 135 cm³/mol. The van der Waals surface area contributed by atoms with Crippen LogP contribution in [0.5, 0.6) is 5.75 Å². The number of halogens is 6. The number of fused-ring (bicyclic) bond motifs is 2. The molecule has 0 spiro atoms. The Balaban J connectivity index is 1.46. The lowest BCUT2D eigenvalue weighted by Crippen LogP contribution is -2.60. The highest BCUT2D eigenvalue weighted by atomic mass is 32.2. The van der Waals surface area contributed by atoms with E-state index in [9.17, 15) is 39.9 Å². The smallest absolute Gasteiger partial charge is 0.406 e. The van der Waals surface area contributed by atoms with Crippen LogP contribution in [0.3, 0.4) is 0 Å². The minimum Gasteiger partial charge on any atom is -0.406 e. The van der Waals surface area contributed by atoms with Gasteiger partial charge in [0.05, 0.1) is 41.9 Å².